The molecule has 16 heavy (non-hydrogen) atoms. The van der Waals surface area contributed by atoms with E-state index in [1.54, 1.807) is 0 Å². The van der Waals surface area contributed by atoms with Gasteiger partial charge in [0.15, 0.2) is 5.17 Å². The zero-order chi connectivity index (χ0) is 12.6. The molecule has 0 aliphatic carbocycles. The molecular weight excluding hydrogens is 252 g/mol. The van der Waals surface area contributed by atoms with E-state index in [0.29, 0.717) is 6.54 Å². The molecular formula is C8H16N2O4S2. The number of carboxylic acids is 1. The summed E-state index contributed by atoms with van der Waals surface area (Å²) in [6, 6.07) is 0. The molecule has 0 unspecified atom stereocenters. The van der Waals surface area contributed by atoms with Crippen LogP contribution in [0.5, 0.6) is 0 Å². The lowest BCUT2D eigenvalue weighted by Gasteiger charge is -2.06. The fraction of sp³-hybridized carbons (Fsp3) is 0.750. The number of thioether (sulfide) groups is 1. The highest BCUT2D eigenvalue weighted by Crippen LogP contribution is 2.03. The van der Waals surface area contributed by atoms with Gasteiger partial charge in [-0.15, -0.1) is 0 Å². The largest absolute Gasteiger partial charge is 0.481 e. The Hall–Kier alpha value is -0.760. The molecule has 0 fully saturated rings. The minimum atomic E-state index is -3.40. The highest BCUT2D eigenvalue weighted by Gasteiger charge is 2.09. The maximum absolute atomic E-state index is 11.0. The molecule has 0 aliphatic heterocycles. The van der Waals surface area contributed by atoms with Gasteiger partial charge in [0, 0.05) is 6.54 Å². The van der Waals surface area contributed by atoms with Crippen molar-refractivity contribution in [3.8, 4) is 0 Å². The lowest BCUT2D eigenvalue weighted by Crippen LogP contribution is -2.28. The molecule has 0 aromatic heterocycles. The second-order valence-corrected chi connectivity index (χ2v) is 5.81. The molecule has 0 aromatic rings. The third-order valence-electron chi connectivity index (χ3n) is 1.37. The van der Waals surface area contributed by atoms with Gasteiger partial charge in [0.25, 0.3) is 0 Å². The second-order valence-electron chi connectivity index (χ2n) is 3.10. The average Bonchev–Trinajstić information content (AvgIpc) is 2.12. The van der Waals surface area contributed by atoms with E-state index in [2.05, 4.69) is 9.71 Å². The molecule has 8 heteroatoms. The summed E-state index contributed by atoms with van der Waals surface area (Å²) in [4.78, 5) is 14.3. The fourth-order valence-corrected chi connectivity index (χ4v) is 2.25. The standard InChI is InChI=1S/C8H16N2O4S2/c1-3-4-5-9-8(10-16(2,13)14)15-6-7(11)12/h3-6H2,1-2H3,(H,9,10)(H,11,12). The number of hydrogen-bond donors (Lipinski definition) is 2. The van der Waals surface area contributed by atoms with E-state index in [9.17, 15) is 13.2 Å². The summed E-state index contributed by atoms with van der Waals surface area (Å²) in [7, 11) is -3.40. The third kappa shape index (κ3) is 9.78. The Kier molecular flexibility index (Phi) is 7.15. The van der Waals surface area contributed by atoms with Crippen molar-refractivity contribution >= 4 is 32.9 Å². The summed E-state index contributed by atoms with van der Waals surface area (Å²) < 4.78 is 24.1. The number of unbranched alkanes of at least 4 members (excludes halogenated alkanes) is 1. The summed E-state index contributed by atoms with van der Waals surface area (Å²) in [5.74, 6) is -1.23. The molecule has 0 radical (unpaired) electrons. The topological polar surface area (TPSA) is 95.8 Å². The third-order valence-corrected chi connectivity index (χ3v) is 2.96. The summed E-state index contributed by atoms with van der Waals surface area (Å²) in [5, 5.41) is 8.62. The van der Waals surface area contributed by atoms with Gasteiger partial charge in [-0.2, -0.15) is 0 Å². The van der Waals surface area contributed by atoms with E-state index in [1.807, 2.05) is 6.92 Å². The average molecular weight is 268 g/mol. The van der Waals surface area contributed by atoms with Crippen molar-refractivity contribution in [3.05, 3.63) is 0 Å². The molecule has 0 aliphatic rings. The van der Waals surface area contributed by atoms with Gasteiger partial charge in [-0.25, -0.2) is 8.42 Å². The molecule has 0 bridgehead atoms. The highest BCUT2D eigenvalue weighted by atomic mass is 32.2. The molecule has 0 atom stereocenters. The molecule has 0 saturated carbocycles. The highest BCUT2D eigenvalue weighted by molar-refractivity contribution is 8.15. The molecule has 0 rings (SSSR count). The predicted octanol–water partition coefficient (Wildman–Crippen LogP) is 0.510. The van der Waals surface area contributed by atoms with Crippen LogP contribution in [0.2, 0.25) is 0 Å². The SMILES string of the molecule is CCCCN=C(NS(C)(=O)=O)SCC(=O)O. The van der Waals surface area contributed by atoms with Gasteiger partial charge in [0.2, 0.25) is 10.0 Å². The fourth-order valence-electron chi connectivity index (χ4n) is 0.735. The first-order valence-electron chi connectivity index (χ1n) is 4.72. The van der Waals surface area contributed by atoms with Crippen LogP contribution in [0.3, 0.4) is 0 Å². The van der Waals surface area contributed by atoms with Crippen molar-refractivity contribution in [1.29, 1.82) is 0 Å². The lowest BCUT2D eigenvalue weighted by molar-refractivity contribution is -0.133. The van der Waals surface area contributed by atoms with Crippen LogP contribution in [0.15, 0.2) is 4.99 Å². The first kappa shape index (κ1) is 15.2. The van der Waals surface area contributed by atoms with Crippen molar-refractivity contribution in [3.63, 3.8) is 0 Å². The molecule has 0 heterocycles. The van der Waals surface area contributed by atoms with Gasteiger partial charge in [0.05, 0.1) is 12.0 Å². The van der Waals surface area contributed by atoms with Crippen molar-refractivity contribution in [1.82, 2.24) is 4.72 Å². The van der Waals surface area contributed by atoms with Crippen LogP contribution in [0, 0.1) is 0 Å². The van der Waals surface area contributed by atoms with E-state index in [1.165, 1.54) is 0 Å². The Morgan fingerprint density at radius 1 is 1.50 bits per heavy atom. The van der Waals surface area contributed by atoms with Crippen LogP contribution in [0.25, 0.3) is 0 Å². The quantitative estimate of drug-likeness (QED) is 0.416. The zero-order valence-corrected chi connectivity index (χ0v) is 10.9. The summed E-state index contributed by atoms with van der Waals surface area (Å²) in [5.41, 5.74) is 0. The normalized spacial score (nSPS) is 12.5. The first-order valence-corrected chi connectivity index (χ1v) is 7.59. The smallest absolute Gasteiger partial charge is 0.313 e. The van der Waals surface area contributed by atoms with Crippen LogP contribution in [0.4, 0.5) is 0 Å². The molecule has 6 nitrogen and oxygen atoms in total. The van der Waals surface area contributed by atoms with E-state index >= 15 is 0 Å². The number of carbonyl (C=O) groups is 1. The van der Waals surface area contributed by atoms with Crippen molar-refractivity contribution in [2.45, 2.75) is 19.8 Å². The second kappa shape index (κ2) is 7.50. The number of sulfonamides is 1. The number of nitrogens with zero attached hydrogens (tertiary/aromatic N) is 1. The first-order chi connectivity index (χ1) is 7.35. The Labute approximate surface area is 99.6 Å². The maximum atomic E-state index is 11.0. The molecule has 94 valence electrons. The Balaban J connectivity index is 4.38. The van der Waals surface area contributed by atoms with Crippen LogP contribution in [-0.4, -0.2) is 43.2 Å². The number of rotatable bonds is 6. The summed E-state index contributed by atoms with van der Waals surface area (Å²) in [6.45, 7) is 2.48. The van der Waals surface area contributed by atoms with Crippen LogP contribution < -0.4 is 4.72 Å². The van der Waals surface area contributed by atoms with Crippen molar-refractivity contribution < 1.29 is 18.3 Å². The van der Waals surface area contributed by atoms with Crippen molar-refractivity contribution in [2.24, 2.45) is 4.99 Å². The monoisotopic (exact) mass is 268 g/mol. The molecule has 2 N–H and O–H groups in total. The number of aliphatic carboxylic acids is 1. The maximum Gasteiger partial charge on any atom is 0.313 e. The van der Waals surface area contributed by atoms with Gasteiger partial charge in [-0.3, -0.25) is 14.5 Å². The summed E-state index contributed by atoms with van der Waals surface area (Å²) in [6.07, 6.45) is 2.78. The van der Waals surface area contributed by atoms with Gasteiger partial charge < -0.3 is 5.11 Å². The van der Waals surface area contributed by atoms with Gasteiger partial charge in [-0.05, 0) is 6.42 Å². The lowest BCUT2D eigenvalue weighted by atomic mass is 10.3. The predicted molar refractivity (Wildman–Crippen MR) is 65.3 cm³/mol. The van der Waals surface area contributed by atoms with Crippen LogP contribution >= 0.6 is 11.8 Å². The van der Waals surface area contributed by atoms with Crippen molar-refractivity contribution in [2.75, 3.05) is 18.6 Å². The Bertz CT molecular complexity index is 351. The number of carboxylic acid groups (broad SMARTS) is 1. The number of aliphatic imine (C=N–C) groups is 1. The van der Waals surface area contributed by atoms with Gasteiger partial charge >= 0.3 is 5.97 Å². The van der Waals surface area contributed by atoms with Gasteiger partial charge in [0.1, 0.15) is 0 Å². The van der Waals surface area contributed by atoms with E-state index in [0.717, 1.165) is 30.9 Å². The molecule has 0 saturated heterocycles. The molecule has 0 aromatic carbocycles. The van der Waals surface area contributed by atoms with E-state index in [4.69, 9.17) is 5.11 Å². The van der Waals surface area contributed by atoms with E-state index in [-0.39, 0.29) is 10.9 Å². The number of nitrogens with one attached hydrogen (secondary N) is 1. The van der Waals surface area contributed by atoms with E-state index < -0.39 is 16.0 Å². The van der Waals surface area contributed by atoms with Crippen LogP contribution in [-0.2, 0) is 14.8 Å². The zero-order valence-electron chi connectivity index (χ0n) is 9.26. The number of amidine groups is 1. The number of hydrogen-bond acceptors (Lipinski definition) is 5. The Morgan fingerprint density at radius 3 is 2.56 bits per heavy atom. The van der Waals surface area contributed by atoms with Crippen LogP contribution in [0.1, 0.15) is 19.8 Å². The minimum absolute atomic E-state index is 0.137. The van der Waals surface area contributed by atoms with Gasteiger partial charge in [-0.1, -0.05) is 25.1 Å². The molecule has 0 amide bonds. The summed E-state index contributed by atoms with van der Waals surface area (Å²) >= 11 is 0.867. The minimum Gasteiger partial charge on any atom is -0.481 e. The Morgan fingerprint density at radius 2 is 2.12 bits per heavy atom. The molecule has 0 spiro atoms.